The van der Waals surface area contributed by atoms with Crippen molar-refractivity contribution in [3.05, 3.63) is 35.4 Å². The van der Waals surface area contributed by atoms with Gasteiger partial charge in [-0.25, -0.2) is 8.42 Å². The third-order valence-corrected chi connectivity index (χ3v) is 5.29. The second kappa shape index (κ2) is 6.67. The molecule has 1 atom stereocenters. The van der Waals surface area contributed by atoms with Gasteiger partial charge in [-0.05, 0) is 17.5 Å². The average molecular weight is 299 g/mol. The molecule has 6 heteroatoms. The van der Waals surface area contributed by atoms with Gasteiger partial charge in [0.15, 0.2) is 0 Å². The van der Waals surface area contributed by atoms with E-state index in [0.717, 1.165) is 12.0 Å². The van der Waals surface area contributed by atoms with Crippen LogP contribution in [0.5, 0.6) is 0 Å². The van der Waals surface area contributed by atoms with Gasteiger partial charge in [-0.15, -0.1) is 0 Å². The fourth-order valence-electron chi connectivity index (χ4n) is 2.31. The van der Waals surface area contributed by atoms with Crippen LogP contribution in [-0.4, -0.2) is 43.6 Å². The quantitative estimate of drug-likeness (QED) is 0.885. The van der Waals surface area contributed by atoms with Crippen molar-refractivity contribution in [2.75, 3.05) is 19.7 Å². The summed E-state index contributed by atoms with van der Waals surface area (Å²) in [6, 6.07) is 7.05. The van der Waals surface area contributed by atoms with Gasteiger partial charge < -0.3 is 9.84 Å². The number of nitrogens with zero attached hydrogens (tertiary/aromatic N) is 1. The van der Waals surface area contributed by atoms with Crippen LogP contribution in [0.3, 0.4) is 0 Å². The number of ether oxygens (including phenoxy) is 1. The van der Waals surface area contributed by atoms with Crippen LogP contribution in [0.25, 0.3) is 0 Å². The van der Waals surface area contributed by atoms with Gasteiger partial charge in [-0.2, -0.15) is 4.31 Å². The highest BCUT2D eigenvalue weighted by Gasteiger charge is 2.28. The molecule has 1 aromatic rings. The number of hydrogen-bond donors (Lipinski definition) is 1. The number of hydrogen-bond acceptors (Lipinski definition) is 4. The first-order valence-corrected chi connectivity index (χ1v) is 8.44. The van der Waals surface area contributed by atoms with E-state index in [1.165, 1.54) is 4.31 Å². The molecule has 0 spiro atoms. The molecule has 1 aliphatic rings. The SMILES string of the molecule is CCC1CN(S(=O)(=O)Cc2cccc(CO)c2)CCO1. The first-order valence-electron chi connectivity index (χ1n) is 6.83. The lowest BCUT2D eigenvalue weighted by molar-refractivity contribution is -0.00282. The van der Waals surface area contributed by atoms with Gasteiger partial charge in [0.25, 0.3) is 0 Å². The van der Waals surface area contributed by atoms with E-state index in [2.05, 4.69) is 0 Å². The van der Waals surface area contributed by atoms with Crippen LogP contribution in [0.15, 0.2) is 24.3 Å². The summed E-state index contributed by atoms with van der Waals surface area (Å²) in [4.78, 5) is 0. The van der Waals surface area contributed by atoms with Crippen LogP contribution in [0.2, 0.25) is 0 Å². The summed E-state index contributed by atoms with van der Waals surface area (Å²) >= 11 is 0. The Kier molecular flexibility index (Phi) is 5.15. The van der Waals surface area contributed by atoms with Crippen molar-refractivity contribution in [1.29, 1.82) is 0 Å². The minimum absolute atomic E-state index is 0.0118. The summed E-state index contributed by atoms with van der Waals surface area (Å²) < 4.78 is 31.9. The maximum Gasteiger partial charge on any atom is 0.218 e. The summed E-state index contributed by atoms with van der Waals surface area (Å²) in [5.41, 5.74) is 1.43. The standard InChI is InChI=1S/C14H21NO4S/c1-2-14-9-15(6-7-19-14)20(17,18)11-13-5-3-4-12(8-13)10-16/h3-5,8,14,16H,2,6-7,9-11H2,1H3. The molecular weight excluding hydrogens is 278 g/mol. The van der Waals surface area contributed by atoms with Crippen LogP contribution in [0.1, 0.15) is 24.5 Å². The summed E-state index contributed by atoms with van der Waals surface area (Å²) in [6.07, 6.45) is 0.800. The third kappa shape index (κ3) is 3.79. The normalized spacial score (nSPS) is 21.0. The van der Waals surface area contributed by atoms with Crippen molar-refractivity contribution in [2.45, 2.75) is 31.8 Å². The molecule has 2 rings (SSSR count). The van der Waals surface area contributed by atoms with Crippen molar-refractivity contribution in [3.63, 3.8) is 0 Å². The van der Waals surface area contributed by atoms with E-state index >= 15 is 0 Å². The fraction of sp³-hybridized carbons (Fsp3) is 0.571. The molecule has 1 heterocycles. The molecule has 1 saturated heterocycles. The molecule has 0 aromatic heterocycles. The van der Waals surface area contributed by atoms with E-state index in [-0.39, 0.29) is 18.5 Å². The first kappa shape index (κ1) is 15.4. The summed E-state index contributed by atoms with van der Waals surface area (Å²) in [5.74, 6) is -0.0305. The Balaban J connectivity index is 2.10. The molecule has 112 valence electrons. The van der Waals surface area contributed by atoms with Crippen molar-refractivity contribution in [1.82, 2.24) is 4.31 Å². The van der Waals surface area contributed by atoms with Gasteiger partial charge in [-0.1, -0.05) is 31.2 Å². The summed E-state index contributed by atoms with van der Waals surface area (Å²) in [7, 11) is -3.33. The zero-order valence-corrected chi connectivity index (χ0v) is 12.5. The molecule has 1 fully saturated rings. The van der Waals surface area contributed by atoms with E-state index in [9.17, 15) is 8.42 Å². The van der Waals surface area contributed by atoms with Crippen LogP contribution in [-0.2, 0) is 27.1 Å². The Morgan fingerprint density at radius 1 is 1.40 bits per heavy atom. The fourth-order valence-corrected chi connectivity index (χ4v) is 3.84. The van der Waals surface area contributed by atoms with Gasteiger partial charge in [-0.3, -0.25) is 0 Å². The smallest absolute Gasteiger partial charge is 0.218 e. The second-order valence-corrected chi connectivity index (χ2v) is 6.96. The monoisotopic (exact) mass is 299 g/mol. The highest BCUT2D eigenvalue weighted by atomic mass is 32.2. The van der Waals surface area contributed by atoms with E-state index in [1.807, 2.05) is 6.92 Å². The molecule has 0 radical (unpaired) electrons. The number of sulfonamides is 1. The Morgan fingerprint density at radius 3 is 2.85 bits per heavy atom. The molecule has 1 N–H and O–H groups in total. The molecule has 5 nitrogen and oxygen atoms in total. The highest BCUT2D eigenvalue weighted by molar-refractivity contribution is 7.88. The zero-order chi connectivity index (χ0) is 14.6. The van der Waals surface area contributed by atoms with Crippen LogP contribution in [0, 0.1) is 0 Å². The lowest BCUT2D eigenvalue weighted by atomic mass is 10.1. The van der Waals surface area contributed by atoms with Gasteiger partial charge >= 0.3 is 0 Å². The molecule has 1 aliphatic heterocycles. The minimum Gasteiger partial charge on any atom is -0.392 e. The summed E-state index contributed by atoms with van der Waals surface area (Å²) in [6.45, 7) is 3.21. The van der Waals surface area contributed by atoms with Gasteiger partial charge in [0.2, 0.25) is 10.0 Å². The van der Waals surface area contributed by atoms with Crippen molar-refractivity contribution in [2.24, 2.45) is 0 Å². The Labute approximate surface area is 120 Å². The molecule has 1 unspecified atom stereocenters. The Bertz CT molecular complexity index is 544. The predicted octanol–water partition coefficient (Wildman–Crippen LogP) is 1.12. The van der Waals surface area contributed by atoms with Crippen molar-refractivity contribution < 1.29 is 18.3 Å². The molecule has 0 bridgehead atoms. The number of aliphatic hydroxyl groups excluding tert-OH is 1. The Morgan fingerprint density at radius 2 is 2.15 bits per heavy atom. The van der Waals surface area contributed by atoms with Gasteiger partial charge in [0.1, 0.15) is 0 Å². The van der Waals surface area contributed by atoms with Crippen LogP contribution < -0.4 is 0 Å². The summed E-state index contributed by atoms with van der Waals surface area (Å²) in [5, 5.41) is 9.10. The molecule has 0 amide bonds. The number of morpholine rings is 1. The largest absolute Gasteiger partial charge is 0.392 e. The Hall–Kier alpha value is -0.950. The molecule has 20 heavy (non-hydrogen) atoms. The van der Waals surface area contributed by atoms with E-state index in [4.69, 9.17) is 9.84 Å². The van der Waals surface area contributed by atoms with Gasteiger partial charge in [0.05, 0.1) is 25.1 Å². The van der Waals surface area contributed by atoms with E-state index in [1.54, 1.807) is 24.3 Å². The average Bonchev–Trinajstić information content (AvgIpc) is 2.47. The number of aliphatic hydroxyl groups is 1. The van der Waals surface area contributed by atoms with E-state index < -0.39 is 10.0 Å². The lowest BCUT2D eigenvalue weighted by Gasteiger charge is -2.31. The maximum absolute atomic E-state index is 12.4. The first-order chi connectivity index (χ1) is 9.55. The molecule has 1 aromatic carbocycles. The molecular formula is C14H21NO4S. The number of rotatable bonds is 5. The van der Waals surface area contributed by atoms with E-state index in [0.29, 0.717) is 25.3 Å². The maximum atomic E-state index is 12.4. The predicted molar refractivity (Wildman–Crippen MR) is 76.6 cm³/mol. The highest BCUT2D eigenvalue weighted by Crippen LogP contribution is 2.17. The molecule has 0 saturated carbocycles. The second-order valence-electron chi connectivity index (χ2n) is 4.99. The third-order valence-electron chi connectivity index (χ3n) is 3.47. The van der Waals surface area contributed by atoms with Crippen molar-refractivity contribution in [3.8, 4) is 0 Å². The molecule has 0 aliphatic carbocycles. The lowest BCUT2D eigenvalue weighted by Crippen LogP contribution is -2.45. The minimum atomic E-state index is -3.33. The van der Waals surface area contributed by atoms with Crippen LogP contribution in [0.4, 0.5) is 0 Å². The van der Waals surface area contributed by atoms with Gasteiger partial charge in [0, 0.05) is 13.1 Å². The topological polar surface area (TPSA) is 66.8 Å². The van der Waals surface area contributed by atoms with Crippen LogP contribution >= 0.6 is 0 Å². The van der Waals surface area contributed by atoms with Crippen molar-refractivity contribution >= 4 is 10.0 Å². The zero-order valence-electron chi connectivity index (χ0n) is 11.7. The number of benzene rings is 1.